The summed E-state index contributed by atoms with van der Waals surface area (Å²) in [5.74, 6) is 0.395. The van der Waals surface area contributed by atoms with Gasteiger partial charge in [0.2, 0.25) is 11.8 Å². The van der Waals surface area contributed by atoms with Crippen molar-refractivity contribution >= 4 is 52.5 Å². The van der Waals surface area contributed by atoms with Crippen LogP contribution in [0.15, 0.2) is 35.9 Å². The Balaban J connectivity index is 1.19. The third kappa shape index (κ3) is 9.24. The molecule has 1 aromatic heterocycles. The van der Waals surface area contributed by atoms with E-state index in [1.165, 1.54) is 32.7 Å². The number of methoxy groups -OCH3 is 3. The summed E-state index contributed by atoms with van der Waals surface area (Å²) in [7, 11) is 4.34. The molecular formula is C43H55ClN4O10. The monoisotopic (exact) mass is 822 g/mol. The summed E-state index contributed by atoms with van der Waals surface area (Å²) in [5, 5.41) is 6.73. The Bertz CT molecular complexity index is 1940. The number of benzene rings is 1. The van der Waals surface area contributed by atoms with Gasteiger partial charge in [-0.1, -0.05) is 42.2 Å². The number of nitrogens with one attached hydrogen (secondary N) is 2. The van der Waals surface area contributed by atoms with Crippen LogP contribution in [0.25, 0.3) is 17.0 Å². The van der Waals surface area contributed by atoms with Gasteiger partial charge in [-0.3, -0.25) is 9.59 Å². The minimum absolute atomic E-state index is 0.0385. The maximum Gasteiger partial charge on any atom is 0.408 e. The molecule has 3 heterocycles. The van der Waals surface area contributed by atoms with Crippen LogP contribution in [0, 0.1) is 17.8 Å². The number of carbonyl (C=O) groups excluding carboxylic acids is 4. The first-order valence-electron chi connectivity index (χ1n) is 20.4. The van der Waals surface area contributed by atoms with Crippen LogP contribution in [0.2, 0.25) is 5.02 Å². The molecule has 5 aliphatic rings. The zero-order chi connectivity index (χ0) is 41.1. The lowest BCUT2D eigenvalue weighted by Crippen LogP contribution is -2.56. The van der Waals surface area contributed by atoms with Gasteiger partial charge >= 0.3 is 12.1 Å². The van der Waals surface area contributed by atoms with E-state index in [0.717, 1.165) is 37.7 Å². The lowest BCUT2D eigenvalue weighted by Gasteiger charge is -2.29. The molecule has 14 nitrogen and oxygen atoms in total. The van der Waals surface area contributed by atoms with Crippen molar-refractivity contribution in [2.75, 3.05) is 34.5 Å². The number of pyridine rings is 1. The Kier molecular flexibility index (Phi) is 12.8. The molecule has 58 heavy (non-hydrogen) atoms. The molecule has 3 saturated carbocycles. The average Bonchev–Trinajstić information content (AvgIpc) is 3.99. The average molecular weight is 823 g/mol. The van der Waals surface area contributed by atoms with Crippen molar-refractivity contribution < 1.29 is 47.6 Å². The second kappa shape index (κ2) is 17.8. The van der Waals surface area contributed by atoms with Gasteiger partial charge in [0.05, 0.1) is 24.9 Å². The van der Waals surface area contributed by atoms with Gasteiger partial charge < -0.3 is 44.0 Å². The van der Waals surface area contributed by atoms with Gasteiger partial charge in [-0.05, 0) is 88.8 Å². The summed E-state index contributed by atoms with van der Waals surface area (Å²) < 4.78 is 34.2. The van der Waals surface area contributed by atoms with E-state index in [4.69, 9.17) is 45.0 Å². The molecule has 0 spiro atoms. The van der Waals surface area contributed by atoms with E-state index in [-0.39, 0.29) is 36.6 Å². The molecule has 3 amide bonds. The smallest absolute Gasteiger partial charge is 0.408 e. The summed E-state index contributed by atoms with van der Waals surface area (Å²) in [5.41, 5.74) is 0.786. The van der Waals surface area contributed by atoms with Crippen LogP contribution in [-0.4, -0.2) is 104 Å². The number of nitrogens with zero attached hydrogens (tertiary/aromatic N) is 2. The number of hydrogen-bond acceptors (Lipinski definition) is 11. The maximum atomic E-state index is 14.7. The Labute approximate surface area is 344 Å². The molecule has 0 unspecified atom stereocenters. The third-order valence-corrected chi connectivity index (χ3v) is 12.4. The van der Waals surface area contributed by atoms with Gasteiger partial charge in [-0.2, -0.15) is 0 Å². The Morgan fingerprint density at radius 1 is 1.03 bits per heavy atom. The summed E-state index contributed by atoms with van der Waals surface area (Å²) in [6, 6.07) is 3.37. The number of carbonyl (C=O) groups is 4. The second-order valence-electron chi connectivity index (χ2n) is 16.5. The number of ether oxygens (including phenoxy) is 6. The van der Waals surface area contributed by atoms with E-state index in [0.29, 0.717) is 59.2 Å². The van der Waals surface area contributed by atoms with Crippen LogP contribution in [0.4, 0.5) is 4.79 Å². The highest BCUT2D eigenvalue weighted by Crippen LogP contribution is 2.52. The maximum absolute atomic E-state index is 14.7. The van der Waals surface area contributed by atoms with E-state index in [2.05, 4.69) is 10.6 Å². The molecular weight excluding hydrogens is 768 g/mol. The fraction of sp³-hybridized carbons (Fsp3) is 0.605. The summed E-state index contributed by atoms with van der Waals surface area (Å²) in [4.78, 5) is 61.8. The number of allylic oxidation sites excluding steroid dienone is 2. The molecule has 4 fully saturated rings. The molecule has 1 aromatic carbocycles. The molecule has 2 aliphatic heterocycles. The number of halogens is 1. The van der Waals surface area contributed by atoms with Gasteiger partial charge in [-0.15, -0.1) is 0 Å². The van der Waals surface area contributed by atoms with Crippen molar-refractivity contribution in [1.82, 2.24) is 20.5 Å². The van der Waals surface area contributed by atoms with Gasteiger partial charge in [0.15, 0.2) is 6.29 Å². The molecule has 314 valence electrons. The number of fused-ring (bicyclic) bond motifs is 4. The van der Waals surface area contributed by atoms with Crippen molar-refractivity contribution in [2.24, 2.45) is 17.8 Å². The highest BCUT2D eigenvalue weighted by atomic mass is 35.5. The van der Waals surface area contributed by atoms with E-state index in [1.54, 1.807) is 18.2 Å². The summed E-state index contributed by atoms with van der Waals surface area (Å²) >= 11 is 6.92. The molecule has 1 saturated heterocycles. The molecule has 7 rings (SSSR count). The van der Waals surface area contributed by atoms with Crippen LogP contribution in [0.5, 0.6) is 11.5 Å². The number of rotatable bonds is 11. The van der Waals surface area contributed by atoms with Gasteiger partial charge in [-0.25, -0.2) is 14.6 Å². The number of aromatic nitrogens is 1. The zero-order valence-corrected chi connectivity index (χ0v) is 34.7. The molecule has 0 bridgehead atoms. The highest BCUT2D eigenvalue weighted by Gasteiger charge is 2.62. The Morgan fingerprint density at radius 2 is 1.81 bits per heavy atom. The van der Waals surface area contributed by atoms with Crippen LogP contribution in [0.3, 0.4) is 0 Å². The molecule has 8 atom stereocenters. The lowest BCUT2D eigenvalue weighted by molar-refractivity contribution is -0.148. The van der Waals surface area contributed by atoms with Crippen molar-refractivity contribution in [1.29, 1.82) is 0 Å². The first-order valence-corrected chi connectivity index (χ1v) is 20.8. The molecule has 2 aromatic rings. The van der Waals surface area contributed by atoms with E-state index in [9.17, 15) is 19.2 Å². The molecule has 3 aliphatic carbocycles. The quantitative estimate of drug-likeness (QED) is 0.153. The van der Waals surface area contributed by atoms with Crippen LogP contribution < -0.4 is 20.1 Å². The minimum atomic E-state index is -1.23. The van der Waals surface area contributed by atoms with Gasteiger partial charge in [0.1, 0.15) is 53.0 Å². The predicted octanol–water partition coefficient (Wildman–Crippen LogP) is 6.12. The fourth-order valence-electron chi connectivity index (χ4n) is 8.77. The minimum Gasteiger partial charge on any atom is -0.488 e. The Hall–Kier alpha value is -4.40. The highest BCUT2D eigenvalue weighted by molar-refractivity contribution is 6.36. The number of alkyl carbamates (subject to hydrolysis) is 1. The van der Waals surface area contributed by atoms with Crippen molar-refractivity contribution in [3.8, 4) is 11.5 Å². The summed E-state index contributed by atoms with van der Waals surface area (Å²) in [6.45, 7) is 4.03. The first-order chi connectivity index (χ1) is 27.9. The van der Waals surface area contributed by atoms with E-state index in [1.807, 2.05) is 32.1 Å². The summed E-state index contributed by atoms with van der Waals surface area (Å²) in [6.07, 6.45) is 10.8. The SMILES string of the molecule is COC(=O)[C@@]12C[C@H]1/C=C\CCCCC[C@H](NC(=O)O[C@@H]1C[C@@H]3C[C@@H]3C1)C(=O)N1C[C@H](Oc3cc(C=C(C)C)nc4c(Cl)c(OCC(OC)OC)ccc34)C[C@H]1C(=O)N2. The van der Waals surface area contributed by atoms with Crippen molar-refractivity contribution in [2.45, 2.75) is 114 Å². The van der Waals surface area contributed by atoms with Crippen LogP contribution >= 0.6 is 11.6 Å². The molecule has 0 radical (unpaired) electrons. The van der Waals surface area contributed by atoms with Gasteiger partial charge in [0.25, 0.3) is 0 Å². The Morgan fingerprint density at radius 3 is 2.53 bits per heavy atom. The number of amides is 3. The predicted molar refractivity (Wildman–Crippen MR) is 215 cm³/mol. The number of esters is 1. The topological polar surface area (TPSA) is 164 Å². The first kappa shape index (κ1) is 41.7. The standard InChI is InChI=1S/C43H55ClN4O10/c1-24(2)15-28-19-35(31-13-14-34(37(44)38(31)45-28)56-23-36(53-3)54-4)57-30-20-33-39(49)47-43(41(51)55-5)21-27(43)11-9-7-6-8-10-12-32(40(50)48(33)22-30)46-42(52)58-29-17-25-16-26(25)18-29/h9,11,13-15,19,25-27,29-30,32-33,36H,6-8,10,12,16-18,20-23H2,1-5H3,(H,46,52)(H,47,49)/b11-9-/t25-,26+,27-,29+,30-,32+,33+,43-/m1/s1. The third-order valence-electron chi connectivity index (χ3n) is 12.1. The van der Waals surface area contributed by atoms with Crippen LogP contribution in [0.1, 0.15) is 83.7 Å². The fourth-order valence-corrected chi connectivity index (χ4v) is 9.04. The second-order valence-corrected chi connectivity index (χ2v) is 16.9. The van der Waals surface area contributed by atoms with Crippen LogP contribution in [-0.2, 0) is 33.3 Å². The normalized spacial score (nSPS) is 29.8. The van der Waals surface area contributed by atoms with E-state index < -0.39 is 53.9 Å². The zero-order valence-electron chi connectivity index (χ0n) is 33.9. The van der Waals surface area contributed by atoms with Gasteiger partial charge in [0, 0.05) is 38.0 Å². The van der Waals surface area contributed by atoms with Crippen molar-refractivity contribution in [3.05, 3.63) is 46.6 Å². The largest absolute Gasteiger partial charge is 0.488 e. The van der Waals surface area contributed by atoms with Crippen molar-refractivity contribution in [3.63, 3.8) is 0 Å². The molecule has 2 N–H and O–H groups in total. The lowest BCUT2D eigenvalue weighted by atomic mass is 10.0. The van der Waals surface area contributed by atoms with E-state index >= 15 is 0 Å². The molecule has 15 heteroatoms. The number of hydrogen-bond donors (Lipinski definition) is 2.